The van der Waals surface area contributed by atoms with E-state index in [4.69, 9.17) is 5.26 Å². The standard InChI is InChI=1S/C8H13N3O/c1-6(2)11-4-3-7(11)8(12)10-5-9/h6-7H,3-4H2,1-2H3,(H,10,12). The number of rotatable bonds is 2. The summed E-state index contributed by atoms with van der Waals surface area (Å²) in [4.78, 5) is 13.2. The molecule has 1 N–H and O–H groups in total. The van der Waals surface area contributed by atoms with E-state index in [9.17, 15) is 4.79 Å². The first-order valence-electron chi connectivity index (χ1n) is 4.11. The Kier molecular flexibility index (Phi) is 2.66. The number of nitriles is 1. The van der Waals surface area contributed by atoms with Gasteiger partial charge in [0.1, 0.15) is 0 Å². The maximum Gasteiger partial charge on any atom is 0.250 e. The van der Waals surface area contributed by atoms with Crippen LogP contribution in [-0.4, -0.2) is 29.4 Å². The lowest BCUT2D eigenvalue weighted by Crippen LogP contribution is -2.57. The summed E-state index contributed by atoms with van der Waals surface area (Å²) in [7, 11) is 0. The van der Waals surface area contributed by atoms with Crippen molar-refractivity contribution in [2.75, 3.05) is 6.54 Å². The number of nitrogens with one attached hydrogen (secondary N) is 1. The van der Waals surface area contributed by atoms with Crippen LogP contribution in [0.3, 0.4) is 0 Å². The third-order valence-electron chi connectivity index (χ3n) is 2.21. The number of carbonyl (C=O) groups is 1. The quantitative estimate of drug-likeness (QED) is 0.467. The average molecular weight is 167 g/mol. The Morgan fingerprint density at radius 2 is 2.42 bits per heavy atom. The second kappa shape index (κ2) is 3.55. The van der Waals surface area contributed by atoms with E-state index in [-0.39, 0.29) is 11.9 Å². The number of hydrogen-bond acceptors (Lipinski definition) is 3. The van der Waals surface area contributed by atoms with Crippen LogP contribution < -0.4 is 5.32 Å². The van der Waals surface area contributed by atoms with Crippen LogP contribution >= 0.6 is 0 Å². The molecule has 1 unspecified atom stereocenters. The molecule has 1 fully saturated rings. The lowest BCUT2D eigenvalue weighted by molar-refractivity contribution is -0.130. The number of amides is 1. The van der Waals surface area contributed by atoms with Crippen molar-refractivity contribution in [3.05, 3.63) is 0 Å². The zero-order valence-corrected chi connectivity index (χ0v) is 7.37. The summed E-state index contributed by atoms with van der Waals surface area (Å²) in [6, 6.07) is 0.304. The first kappa shape index (κ1) is 9.01. The number of nitrogens with zero attached hydrogens (tertiary/aromatic N) is 2. The summed E-state index contributed by atoms with van der Waals surface area (Å²) in [6.07, 6.45) is 2.52. The lowest BCUT2D eigenvalue weighted by Gasteiger charge is -2.42. The van der Waals surface area contributed by atoms with Gasteiger partial charge in [-0.1, -0.05) is 0 Å². The fourth-order valence-electron chi connectivity index (χ4n) is 1.45. The molecule has 4 heteroatoms. The average Bonchev–Trinajstić information content (AvgIpc) is 1.82. The molecule has 1 amide bonds. The molecule has 1 rings (SSSR count). The van der Waals surface area contributed by atoms with Crippen molar-refractivity contribution in [1.29, 1.82) is 5.26 Å². The predicted octanol–water partition coefficient (Wildman–Crippen LogP) is 0.0664. The van der Waals surface area contributed by atoms with E-state index < -0.39 is 0 Å². The molecule has 0 spiro atoms. The molecule has 1 heterocycles. The van der Waals surface area contributed by atoms with Crippen LogP contribution in [0.4, 0.5) is 0 Å². The molecule has 0 aromatic heterocycles. The van der Waals surface area contributed by atoms with Gasteiger partial charge in [-0.25, -0.2) is 0 Å². The highest BCUT2D eigenvalue weighted by molar-refractivity contribution is 5.83. The summed E-state index contributed by atoms with van der Waals surface area (Å²) >= 11 is 0. The molecule has 0 aromatic rings. The van der Waals surface area contributed by atoms with Gasteiger partial charge in [-0.05, 0) is 20.3 Å². The van der Waals surface area contributed by atoms with Crippen molar-refractivity contribution < 1.29 is 4.79 Å². The normalized spacial score (nSPS) is 23.0. The minimum absolute atomic E-state index is 0.0790. The van der Waals surface area contributed by atoms with E-state index in [2.05, 4.69) is 10.2 Å². The Labute approximate surface area is 72.2 Å². The van der Waals surface area contributed by atoms with E-state index in [1.165, 1.54) is 0 Å². The van der Waals surface area contributed by atoms with Crippen molar-refractivity contribution in [3.63, 3.8) is 0 Å². The van der Waals surface area contributed by atoms with E-state index in [1.54, 1.807) is 6.19 Å². The molecule has 1 saturated heterocycles. The molecule has 12 heavy (non-hydrogen) atoms. The Morgan fingerprint density at radius 1 is 1.75 bits per heavy atom. The third-order valence-corrected chi connectivity index (χ3v) is 2.21. The smallest absolute Gasteiger partial charge is 0.250 e. The maximum atomic E-state index is 11.2. The lowest BCUT2D eigenvalue weighted by atomic mass is 10.00. The van der Waals surface area contributed by atoms with Crippen LogP contribution in [0.1, 0.15) is 20.3 Å². The highest BCUT2D eigenvalue weighted by atomic mass is 16.2. The Bertz CT molecular complexity index is 219. The highest BCUT2D eigenvalue weighted by Gasteiger charge is 2.35. The molecule has 1 aliphatic rings. The Morgan fingerprint density at radius 3 is 2.75 bits per heavy atom. The molecule has 0 bridgehead atoms. The molecular weight excluding hydrogens is 154 g/mol. The minimum Gasteiger partial charge on any atom is -0.289 e. The van der Waals surface area contributed by atoms with Gasteiger partial charge >= 0.3 is 0 Å². The number of hydrogen-bond donors (Lipinski definition) is 1. The monoisotopic (exact) mass is 167 g/mol. The second-order valence-corrected chi connectivity index (χ2v) is 3.24. The van der Waals surface area contributed by atoms with Crippen molar-refractivity contribution in [2.45, 2.75) is 32.4 Å². The van der Waals surface area contributed by atoms with Gasteiger partial charge in [0.15, 0.2) is 6.19 Å². The van der Waals surface area contributed by atoms with Gasteiger partial charge < -0.3 is 0 Å². The topological polar surface area (TPSA) is 56.1 Å². The predicted molar refractivity (Wildman–Crippen MR) is 44.0 cm³/mol. The molecule has 0 aliphatic carbocycles. The van der Waals surface area contributed by atoms with Gasteiger partial charge in [0, 0.05) is 12.6 Å². The Hall–Kier alpha value is -1.08. The summed E-state index contributed by atoms with van der Waals surface area (Å²) in [6.45, 7) is 5.05. The van der Waals surface area contributed by atoms with Gasteiger partial charge in [0.05, 0.1) is 6.04 Å². The van der Waals surface area contributed by atoms with Gasteiger partial charge in [0.25, 0.3) is 0 Å². The third kappa shape index (κ3) is 1.56. The molecule has 0 radical (unpaired) electrons. The Balaban J connectivity index is 2.44. The summed E-state index contributed by atoms with van der Waals surface area (Å²) in [5, 5.41) is 10.4. The number of carbonyl (C=O) groups excluding carboxylic acids is 1. The van der Waals surface area contributed by atoms with Gasteiger partial charge in [0.2, 0.25) is 5.91 Å². The summed E-state index contributed by atoms with van der Waals surface area (Å²) < 4.78 is 0. The van der Waals surface area contributed by atoms with E-state index >= 15 is 0 Å². The largest absolute Gasteiger partial charge is 0.289 e. The van der Waals surface area contributed by atoms with E-state index in [0.29, 0.717) is 6.04 Å². The van der Waals surface area contributed by atoms with Crippen molar-refractivity contribution in [1.82, 2.24) is 10.2 Å². The van der Waals surface area contributed by atoms with Crippen molar-refractivity contribution >= 4 is 5.91 Å². The number of likely N-dealkylation sites (tertiary alicyclic amines) is 1. The van der Waals surface area contributed by atoms with Crippen LogP contribution in [-0.2, 0) is 4.79 Å². The van der Waals surface area contributed by atoms with Crippen molar-refractivity contribution in [3.8, 4) is 6.19 Å². The molecule has 4 nitrogen and oxygen atoms in total. The second-order valence-electron chi connectivity index (χ2n) is 3.24. The summed E-state index contributed by atoms with van der Waals surface area (Å²) in [5.41, 5.74) is 0. The van der Waals surface area contributed by atoms with Crippen molar-refractivity contribution in [2.24, 2.45) is 0 Å². The zero-order chi connectivity index (χ0) is 9.14. The minimum atomic E-state index is -0.169. The molecule has 1 atom stereocenters. The molecule has 66 valence electrons. The van der Waals surface area contributed by atoms with E-state index in [1.807, 2.05) is 13.8 Å². The van der Waals surface area contributed by atoms with Gasteiger partial charge in [-0.15, -0.1) is 0 Å². The molecule has 1 aliphatic heterocycles. The highest BCUT2D eigenvalue weighted by Crippen LogP contribution is 2.19. The maximum absolute atomic E-state index is 11.2. The molecule has 0 aromatic carbocycles. The molecular formula is C8H13N3O. The SMILES string of the molecule is CC(C)N1CCC1C(=O)NC#N. The first-order valence-corrected chi connectivity index (χ1v) is 4.11. The van der Waals surface area contributed by atoms with Crippen LogP contribution in [0.2, 0.25) is 0 Å². The fraction of sp³-hybridized carbons (Fsp3) is 0.750. The first-order chi connectivity index (χ1) is 5.66. The van der Waals surface area contributed by atoms with Gasteiger partial charge in [-0.3, -0.25) is 15.0 Å². The van der Waals surface area contributed by atoms with Gasteiger partial charge in [-0.2, -0.15) is 5.26 Å². The zero-order valence-electron chi connectivity index (χ0n) is 7.37. The van der Waals surface area contributed by atoms with Crippen LogP contribution in [0.5, 0.6) is 0 Å². The van der Waals surface area contributed by atoms with Crippen LogP contribution in [0, 0.1) is 11.5 Å². The van der Waals surface area contributed by atoms with Crippen LogP contribution in [0.15, 0.2) is 0 Å². The summed E-state index contributed by atoms with van der Waals surface area (Å²) in [5.74, 6) is -0.169. The fourth-order valence-corrected chi connectivity index (χ4v) is 1.45. The van der Waals surface area contributed by atoms with E-state index in [0.717, 1.165) is 13.0 Å². The van der Waals surface area contributed by atoms with Crippen LogP contribution in [0.25, 0.3) is 0 Å². The molecule has 0 saturated carbocycles.